The Morgan fingerprint density at radius 2 is 2.05 bits per heavy atom. The summed E-state index contributed by atoms with van der Waals surface area (Å²) in [5.41, 5.74) is 0.466. The first-order chi connectivity index (χ1) is 10.1. The molecule has 0 unspecified atom stereocenters. The van der Waals surface area contributed by atoms with Crippen LogP contribution in [0.15, 0.2) is 6.07 Å². The fourth-order valence-corrected chi connectivity index (χ4v) is 3.38. The number of likely N-dealkylation sites (tertiary alicyclic amines) is 1. The van der Waals surface area contributed by atoms with Crippen molar-refractivity contribution in [2.24, 2.45) is 0 Å². The Hall–Kier alpha value is -1.40. The van der Waals surface area contributed by atoms with Crippen LogP contribution in [0.1, 0.15) is 41.9 Å². The number of thiophene rings is 1. The molecule has 2 heterocycles. The van der Waals surface area contributed by atoms with E-state index >= 15 is 0 Å². The maximum atomic E-state index is 12.1. The first-order valence-electron chi connectivity index (χ1n) is 7.46. The van der Waals surface area contributed by atoms with Gasteiger partial charge in [-0.2, -0.15) is 0 Å². The van der Waals surface area contributed by atoms with Crippen molar-refractivity contribution in [3.63, 3.8) is 0 Å². The zero-order valence-electron chi connectivity index (χ0n) is 12.6. The molecule has 5 nitrogen and oxygen atoms in total. The number of hydrogen-bond acceptors (Lipinski definition) is 5. The van der Waals surface area contributed by atoms with E-state index in [2.05, 4.69) is 10.2 Å². The summed E-state index contributed by atoms with van der Waals surface area (Å²) < 4.78 is 5.05. The summed E-state index contributed by atoms with van der Waals surface area (Å²) in [5.74, 6) is -0.433. The first-order valence-corrected chi connectivity index (χ1v) is 8.27. The molecule has 1 N–H and O–H groups in total. The van der Waals surface area contributed by atoms with Crippen molar-refractivity contribution in [1.29, 1.82) is 0 Å². The Bertz CT molecular complexity index is 507. The summed E-state index contributed by atoms with van der Waals surface area (Å²) in [7, 11) is 0. The van der Waals surface area contributed by atoms with Crippen molar-refractivity contribution >= 4 is 28.2 Å². The van der Waals surface area contributed by atoms with Gasteiger partial charge in [-0.15, -0.1) is 11.3 Å². The quantitative estimate of drug-likeness (QED) is 0.820. The molecule has 116 valence electrons. The highest BCUT2D eigenvalue weighted by Crippen LogP contribution is 2.29. The number of esters is 1. The summed E-state index contributed by atoms with van der Waals surface area (Å²) >= 11 is 1.45. The van der Waals surface area contributed by atoms with Gasteiger partial charge in [-0.3, -0.25) is 9.69 Å². The van der Waals surface area contributed by atoms with E-state index in [1.807, 2.05) is 13.0 Å². The summed E-state index contributed by atoms with van der Waals surface area (Å²) in [5, 5.41) is 3.47. The normalized spacial score (nSPS) is 15.1. The van der Waals surface area contributed by atoms with E-state index in [1.165, 1.54) is 11.3 Å². The highest BCUT2D eigenvalue weighted by Gasteiger charge is 2.20. The van der Waals surface area contributed by atoms with E-state index in [9.17, 15) is 9.59 Å². The van der Waals surface area contributed by atoms with Crippen molar-refractivity contribution in [1.82, 2.24) is 4.90 Å². The summed E-state index contributed by atoms with van der Waals surface area (Å²) in [6.45, 7) is 6.47. The van der Waals surface area contributed by atoms with Gasteiger partial charge in [-0.25, -0.2) is 4.79 Å². The van der Waals surface area contributed by atoms with Crippen molar-refractivity contribution in [2.75, 3.05) is 31.6 Å². The second-order valence-electron chi connectivity index (χ2n) is 5.06. The minimum atomic E-state index is -0.370. The van der Waals surface area contributed by atoms with Crippen LogP contribution in [-0.4, -0.2) is 43.0 Å². The number of nitrogens with one attached hydrogen (secondary N) is 1. The van der Waals surface area contributed by atoms with E-state index in [1.54, 1.807) is 6.92 Å². The van der Waals surface area contributed by atoms with Crippen LogP contribution in [0.4, 0.5) is 5.00 Å². The molecule has 0 spiro atoms. The lowest BCUT2D eigenvalue weighted by Gasteiger charge is -2.13. The Morgan fingerprint density at radius 3 is 2.67 bits per heavy atom. The Labute approximate surface area is 129 Å². The lowest BCUT2D eigenvalue weighted by Crippen LogP contribution is -2.31. The largest absolute Gasteiger partial charge is 0.462 e. The summed E-state index contributed by atoms with van der Waals surface area (Å²) in [4.78, 5) is 27.2. The molecule has 1 saturated heterocycles. The van der Waals surface area contributed by atoms with E-state index < -0.39 is 0 Å². The summed E-state index contributed by atoms with van der Waals surface area (Å²) in [6, 6.07) is 1.81. The lowest BCUT2D eigenvalue weighted by molar-refractivity contribution is -0.117. The predicted molar refractivity (Wildman–Crippen MR) is 84.0 cm³/mol. The molecule has 0 bridgehead atoms. The maximum Gasteiger partial charge on any atom is 0.341 e. The number of rotatable bonds is 6. The monoisotopic (exact) mass is 310 g/mol. The molecule has 0 aliphatic carbocycles. The molecule has 0 radical (unpaired) electrons. The van der Waals surface area contributed by atoms with Crippen LogP contribution in [0.3, 0.4) is 0 Å². The van der Waals surface area contributed by atoms with Gasteiger partial charge in [0.25, 0.3) is 0 Å². The van der Waals surface area contributed by atoms with Gasteiger partial charge < -0.3 is 10.1 Å². The molecular weight excluding hydrogens is 288 g/mol. The number of anilines is 1. The van der Waals surface area contributed by atoms with E-state index in [-0.39, 0.29) is 11.9 Å². The van der Waals surface area contributed by atoms with Crippen molar-refractivity contribution in [2.45, 2.75) is 33.1 Å². The third kappa shape index (κ3) is 4.28. The number of carbonyl (C=O) groups is 2. The van der Waals surface area contributed by atoms with Gasteiger partial charge in [0.2, 0.25) is 5.91 Å². The van der Waals surface area contributed by atoms with Gasteiger partial charge in [0, 0.05) is 4.88 Å². The minimum absolute atomic E-state index is 0.0630. The molecule has 1 aliphatic heterocycles. The van der Waals surface area contributed by atoms with Gasteiger partial charge >= 0.3 is 5.97 Å². The predicted octanol–water partition coefficient (Wildman–Crippen LogP) is 2.52. The van der Waals surface area contributed by atoms with Gasteiger partial charge in [0.15, 0.2) is 0 Å². The molecule has 0 saturated carbocycles. The fourth-order valence-electron chi connectivity index (χ4n) is 2.38. The van der Waals surface area contributed by atoms with E-state index in [0.717, 1.165) is 37.2 Å². The van der Waals surface area contributed by atoms with Crippen LogP contribution < -0.4 is 5.32 Å². The standard InChI is InChI=1S/C15H22N2O3S/c1-3-11-9-12(15(19)20-4-2)14(21-11)16-13(18)10-17-7-5-6-8-17/h9H,3-8,10H2,1-2H3,(H,16,18). The molecule has 6 heteroatoms. The second kappa shape index (κ2) is 7.56. The van der Waals surface area contributed by atoms with Crippen molar-refractivity contribution in [3.8, 4) is 0 Å². The Balaban J connectivity index is 2.04. The lowest BCUT2D eigenvalue weighted by atomic mass is 10.2. The molecule has 1 aliphatic rings. The highest BCUT2D eigenvalue weighted by molar-refractivity contribution is 7.16. The Kier molecular flexibility index (Phi) is 5.76. The first kappa shape index (κ1) is 16.0. The zero-order chi connectivity index (χ0) is 15.2. The Morgan fingerprint density at radius 1 is 1.33 bits per heavy atom. The van der Waals surface area contributed by atoms with E-state index in [0.29, 0.717) is 23.7 Å². The molecule has 1 fully saturated rings. The van der Waals surface area contributed by atoms with Crippen LogP contribution in [0.5, 0.6) is 0 Å². The number of carbonyl (C=O) groups excluding carboxylic acids is 2. The second-order valence-corrected chi connectivity index (χ2v) is 6.20. The molecule has 1 aromatic heterocycles. The highest BCUT2D eigenvalue weighted by atomic mass is 32.1. The van der Waals surface area contributed by atoms with Crippen LogP contribution in [-0.2, 0) is 16.0 Å². The maximum absolute atomic E-state index is 12.1. The van der Waals surface area contributed by atoms with E-state index in [4.69, 9.17) is 4.74 Å². The number of hydrogen-bond donors (Lipinski definition) is 1. The topological polar surface area (TPSA) is 58.6 Å². The van der Waals surface area contributed by atoms with Crippen LogP contribution in [0.2, 0.25) is 0 Å². The fraction of sp³-hybridized carbons (Fsp3) is 0.600. The number of ether oxygens (including phenoxy) is 1. The van der Waals surface area contributed by atoms with Gasteiger partial charge in [0.05, 0.1) is 18.7 Å². The SMILES string of the molecule is CCOC(=O)c1cc(CC)sc1NC(=O)CN1CCCC1. The molecular formula is C15H22N2O3S. The summed E-state index contributed by atoms with van der Waals surface area (Å²) in [6.07, 6.45) is 3.14. The molecule has 0 atom stereocenters. The number of nitrogens with zero attached hydrogens (tertiary/aromatic N) is 1. The van der Waals surface area contributed by atoms with Crippen molar-refractivity contribution in [3.05, 3.63) is 16.5 Å². The number of aryl methyl sites for hydroxylation is 1. The molecule has 1 aromatic rings. The third-order valence-electron chi connectivity index (χ3n) is 3.45. The van der Waals surface area contributed by atoms with Crippen molar-refractivity contribution < 1.29 is 14.3 Å². The van der Waals surface area contributed by atoms with Gasteiger partial charge in [-0.1, -0.05) is 6.92 Å². The molecule has 21 heavy (non-hydrogen) atoms. The smallest absolute Gasteiger partial charge is 0.341 e. The van der Waals surface area contributed by atoms with Crippen LogP contribution in [0.25, 0.3) is 0 Å². The van der Waals surface area contributed by atoms with Gasteiger partial charge in [0.1, 0.15) is 5.00 Å². The third-order valence-corrected chi connectivity index (χ3v) is 4.64. The average Bonchev–Trinajstić information content (AvgIpc) is 3.08. The van der Waals surface area contributed by atoms with Crippen LogP contribution in [0, 0.1) is 0 Å². The molecule has 1 amide bonds. The zero-order valence-corrected chi connectivity index (χ0v) is 13.4. The number of amides is 1. The molecule has 0 aromatic carbocycles. The van der Waals surface area contributed by atoms with Gasteiger partial charge in [-0.05, 0) is 45.3 Å². The average molecular weight is 310 g/mol. The van der Waals surface area contributed by atoms with Crippen LogP contribution >= 0.6 is 11.3 Å². The minimum Gasteiger partial charge on any atom is -0.462 e. The molecule has 2 rings (SSSR count).